The van der Waals surface area contributed by atoms with Crippen LogP contribution in [0.25, 0.3) is 0 Å². The number of nitrogens with two attached hydrogens (primary N) is 1. The molecule has 19 heavy (non-hydrogen) atoms. The summed E-state index contributed by atoms with van der Waals surface area (Å²) in [6.45, 7) is 9.22. The summed E-state index contributed by atoms with van der Waals surface area (Å²) in [5, 5.41) is 3.37. The Labute approximate surface area is 116 Å². The van der Waals surface area contributed by atoms with Crippen LogP contribution in [0.2, 0.25) is 0 Å². The van der Waals surface area contributed by atoms with Crippen molar-refractivity contribution in [3.05, 3.63) is 35.4 Å². The Bertz CT molecular complexity index is 393. The van der Waals surface area contributed by atoms with E-state index in [1.807, 2.05) is 18.2 Å². The van der Waals surface area contributed by atoms with Gasteiger partial charge >= 0.3 is 0 Å². The number of hydrogen-bond acceptors (Lipinski definition) is 3. The van der Waals surface area contributed by atoms with Gasteiger partial charge in [-0.15, -0.1) is 0 Å². The molecule has 1 rings (SSSR count). The van der Waals surface area contributed by atoms with E-state index in [0.717, 1.165) is 31.7 Å². The highest BCUT2D eigenvalue weighted by molar-refractivity contribution is 5.94. The van der Waals surface area contributed by atoms with E-state index < -0.39 is 0 Å². The van der Waals surface area contributed by atoms with Crippen molar-refractivity contribution in [1.29, 1.82) is 0 Å². The lowest BCUT2D eigenvalue weighted by atomic mass is 10.1. The van der Waals surface area contributed by atoms with Crippen LogP contribution in [0.1, 0.15) is 36.2 Å². The van der Waals surface area contributed by atoms with Crippen molar-refractivity contribution in [2.45, 2.75) is 26.8 Å². The maximum absolute atomic E-state index is 11.3. The van der Waals surface area contributed by atoms with Crippen molar-refractivity contribution in [2.75, 3.05) is 26.2 Å². The number of nitrogens with one attached hydrogen (secondary N) is 1. The summed E-state index contributed by atoms with van der Waals surface area (Å²) in [6, 6.07) is 7.48. The van der Waals surface area contributed by atoms with Crippen LogP contribution >= 0.6 is 0 Å². The number of carbonyl (C=O) groups is 1. The molecule has 0 unspecified atom stereocenters. The summed E-state index contributed by atoms with van der Waals surface area (Å²) >= 11 is 0. The molecule has 0 aromatic heterocycles. The van der Waals surface area contributed by atoms with E-state index in [0.29, 0.717) is 12.1 Å². The molecule has 0 aliphatic rings. The minimum Gasteiger partial charge on any atom is -0.366 e. The van der Waals surface area contributed by atoms with Gasteiger partial charge in [0.1, 0.15) is 0 Å². The lowest BCUT2D eigenvalue weighted by Crippen LogP contribution is -2.32. The quantitative estimate of drug-likeness (QED) is 0.665. The zero-order valence-electron chi connectivity index (χ0n) is 12.0. The summed E-state index contributed by atoms with van der Waals surface area (Å²) in [4.78, 5) is 13.7. The summed E-state index contributed by atoms with van der Waals surface area (Å²) in [5.41, 5.74) is 6.93. The normalized spacial score (nSPS) is 10.9. The Morgan fingerprint density at radius 3 is 2.63 bits per heavy atom. The predicted octanol–water partition coefficient (Wildman–Crippen LogP) is 1.61. The Kier molecular flexibility index (Phi) is 7.15. The van der Waals surface area contributed by atoms with E-state index >= 15 is 0 Å². The fraction of sp³-hybridized carbons (Fsp3) is 0.533. The maximum Gasteiger partial charge on any atom is 0.249 e. The minimum atomic E-state index is -0.362. The molecule has 0 aliphatic carbocycles. The van der Waals surface area contributed by atoms with Crippen molar-refractivity contribution in [3.8, 4) is 0 Å². The van der Waals surface area contributed by atoms with Crippen LogP contribution in [0.4, 0.5) is 0 Å². The van der Waals surface area contributed by atoms with Crippen molar-refractivity contribution in [1.82, 2.24) is 10.2 Å². The molecule has 1 amide bonds. The second-order valence-corrected chi connectivity index (χ2v) is 4.63. The van der Waals surface area contributed by atoms with Crippen LogP contribution in [-0.4, -0.2) is 37.0 Å². The first-order valence-electron chi connectivity index (χ1n) is 6.99. The van der Waals surface area contributed by atoms with Gasteiger partial charge in [-0.2, -0.15) is 0 Å². The maximum atomic E-state index is 11.3. The molecule has 1 aromatic rings. The zero-order chi connectivity index (χ0) is 14.1. The number of rotatable bonds is 9. The average molecular weight is 263 g/mol. The number of hydrogen-bond donors (Lipinski definition) is 2. The smallest absolute Gasteiger partial charge is 0.249 e. The van der Waals surface area contributed by atoms with Crippen molar-refractivity contribution in [2.24, 2.45) is 5.73 Å². The van der Waals surface area contributed by atoms with Gasteiger partial charge in [-0.1, -0.05) is 32.0 Å². The molecule has 4 heteroatoms. The molecule has 0 atom stereocenters. The molecule has 0 saturated heterocycles. The lowest BCUT2D eigenvalue weighted by molar-refractivity contribution is 0.0999. The third kappa shape index (κ3) is 5.41. The first-order chi connectivity index (χ1) is 9.19. The number of primary amides is 1. The van der Waals surface area contributed by atoms with Gasteiger partial charge in [0.25, 0.3) is 0 Å². The summed E-state index contributed by atoms with van der Waals surface area (Å²) < 4.78 is 0. The Hall–Kier alpha value is -1.39. The van der Waals surface area contributed by atoms with Crippen LogP contribution in [0.5, 0.6) is 0 Å². The van der Waals surface area contributed by atoms with E-state index in [1.165, 1.54) is 6.42 Å². The Morgan fingerprint density at radius 1 is 1.26 bits per heavy atom. The van der Waals surface area contributed by atoms with Gasteiger partial charge in [0.15, 0.2) is 0 Å². The average Bonchev–Trinajstić information content (AvgIpc) is 2.42. The van der Waals surface area contributed by atoms with E-state index in [4.69, 9.17) is 5.73 Å². The number of carbonyl (C=O) groups excluding carboxylic acids is 1. The Balaban J connectivity index is 2.39. The highest BCUT2D eigenvalue weighted by Crippen LogP contribution is 2.07. The highest BCUT2D eigenvalue weighted by Gasteiger charge is 2.06. The number of benzene rings is 1. The van der Waals surface area contributed by atoms with Gasteiger partial charge in [-0.05, 0) is 31.1 Å². The van der Waals surface area contributed by atoms with E-state index in [9.17, 15) is 4.79 Å². The standard InChI is InChI=1S/C15H25N3O/c1-3-10-18(4-2)11-9-17-12-13-7-5-6-8-14(13)15(16)19/h5-8,17H,3-4,9-12H2,1-2H3,(H2,16,19). The third-order valence-electron chi connectivity index (χ3n) is 3.19. The Morgan fingerprint density at radius 2 is 2.00 bits per heavy atom. The van der Waals surface area contributed by atoms with Crippen LogP contribution in [0, 0.1) is 0 Å². The van der Waals surface area contributed by atoms with Crippen molar-refractivity contribution >= 4 is 5.91 Å². The zero-order valence-corrected chi connectivity index (χ0v) is 12.0. The number of nitrogens with zero attached hydrogens (tertiary/aromatic N) is 1. The molecule has 0 aliphatic heterocycles. The molecule has 0 saturated carbocycles. The largest absolute Gasteiger partial charge is 0.366 e. The van der Waals surface area contributed by atoms with E-state index in [2.05, 4.69) is 24.1 Å². The molecule has 0 radical (unpaired) electrons. The second kappa shape index (κ2) is 8.67. The molecule has 0 spiro atoms. The molecule has 1 aromatic carbocycles. The lowest BCUT2D eigenvalue weighted by Gasteiger charge is -2.19. The second-order valence-electron chi connectivity index (χ2n) is 4.63. The monoisotopic (exact) mass is 263 g/mol. The molecule has 4 nitrogen and oxygen atoms in total. The molecular weight excluding hydrogens is 238 g/mol. The van der Waals surface area contributed by atoms with Crippen LogP contribution < -0.4 is 11.1 Å². The van der Waals surface area contributed by atoms with Gasteiger partial charge in [0.05, 0.1) is 0 Å². The number of likely N-dealkylation sites (N-methyl/N-ethyl adjacent to an activating group) is 1. The summed E-state index contributed by atoms with van der Waals surface area (Å²) in [6.07, 6.45) is 1.18. The fourth-order valence-electron chi connectivity index (χ4n) is 2.12. The van der Waals surface area contributed by atoms with Gasteiger partial charge in [0.2, 0.25) is 5.91 Å². The van der Waals surface area contributed by atoms with Crippen molar-refractivity contribution in [3.63, 3.8) is 0 Å². The topological polar surface area (TPSA) is 58.4 Å². The molecular formula is C15H25N3O. The molecule has 3 N–H and O–H groups in total. The first kappa shape index (κ1) is 15.7. The van der Waals surface area contributed by atoms with Crippen LogP contribution in [0.3, 0.4) is 0 Å². The van der Waals surface area contributed by atoms with E-state index in [-0.39, 0.29) is 5.91 Å². The minimum absolute atomic E-state index is 0.362. The summed E-state index contributed by atoms with van der Waals surface area (Å²) in [5.74, 6) is -0.362. The molecule has 0 heterocycles. The van der Waals surface area contributed by atoms with Crippen molar-refractivity contribution < 1.29 is 4.79 Å². The molecule has 0 bridgehead atoms. The van der Waals surface area contributed by atoms with Gasteiger partial charge < -0.3 is 16.0 Å². The first-order valence-corrected chi connectivity index (χ1v) is 6.99. The van der Waals surface area contributed by atoms with Gasteiger partial charge in [0, 0.05) is 25.2 Å². The number of amides is 1. The van der Waals surface area contributed by atoms with Gasteiger partial charge in [-0.25, -0.2) is 0 Å². The van der Waals surface area contributed by atoms with Crippen LogP contribution in [0.15, 0.2) is 24.3 Å². The fourth-order valence-corrected chi connectivity index (χ4v) is 2.12. The SMILES string of the molecule is CCCN(CC)CCNCc1ccccc1C(N)=O. The van der Waals surface area contributed by atoms with Gasteiger partial charge in [-0.3, -0.25) is 4.79 Å². The van der Waals surface area contributed by atoms with Crippen LogP contribution in [-0.2, 0) is 6.54 Å². The predicted molar refractivity (Wildman–Crippen MR) is 79.1 cm³/mol. The van der Waals surface area contributed by atoms with E-state index in [1.54, 1.807) is 6.07 Å². The molecule has 106 valence electrons. The third-order valence-corrected chi connectivity index (χ3v) is 3.19. The highest BCUT2D eigenvalue weighted by atomic mass is 16.1. The molecule has 0 fully saturated rings. The summed E-state index contributed by atoms with van der Waals surface area (Å²) in [7, 11) is 0.